The lowest BCUT2D eigenvalue weighted by Crippen LogP contribution is -2.36. The molecule has 0 radical (unpaired) electrons. The maximum absolute atomic E-state index is 12.8. The molecule has 2 saturated heterocycles. The molecule has 2 aliphatic rings. The lowest BCUT2D eigenvalue weighted by molar-refractivity contribution is 0.0208. The van der Waals surface area contributed by atoms with E-state index in [1.807, 2.05) is 90.2 Å². The van der Waals surface area contributed by atoms with Crippen molar-refractivity contribution in [1.82, 2.24) is 39.7 Å². The number of hydrogen-bond acceptors (Lipinski definition) is 8. The van der Waals surface area contributed by atoms with Crippen molar-refractivity contribution in [1.29, 1.82) is 0 Å². The van der Waals surface area contributed by atoms with Crippen LogP contribution in [0.5, 0.6) is 0 Å². The van der Waals surface area contributed by atoms with E-state index in [-0.39, 0.29) is 24.3 Å². The molecule has 12 heteroatoms. The number of aromatic nitrogens is 6. The molecule has 0 aliphatic carbocycles. The van der Waals surface area contributed by atoms with Crippen LogP contribution in [0, 0.1) is 0 Å². The van der Waals surface area contributed by atoms with Gasteiger partial charge in [-0.05, 0) is 84.9 Å². The van der Waals surface area contributed by atoms with E-state index in [0.717, 1.165) is 82.1 Å². The van der Waals surface area contributed by atoms with Crippen molar-refractivity contribution in [3.8, 4) is 33.8 Å². The van der Waals surface area contributed by atoms with Crippen LogP contribution in [0.15, 0.2) is 61.1 Å². The van der Waals surface area contributed by atoms with Crippen LogP contribution in [0.1, 0.15) is 91.0 Å². The van der Waals surface area contributed by atoms with Crippen molar-refractivity contribution in [2.45, 2.75) is 90.5 Å². The molecule has 260 valence electrons. The first-order chi connectivity index (χ1) is 23.8. The Hall–Kier alpha value is -5.26. The minimum atomic E-state index is -0.552. The highest BCUT2D eigenvalue weighted by Crippen LogP contribution is 2.35. The number of amides is 2. The molecule has 2 aromatic carbocycles. The third kappa shape index (κ3) is 7.05. The number of rotatable bonds is 5. The molecule has 2 amide bonds. The van der Waals surface area contributed by atoms with E-state index in [0.29, 0.717) is 13.1 Å². The van der Waals surface area contributed by atoms with Gasteiger partial charge in [0.1, 0.15) is 22.9 Å². The molecule has 0 unspecified atom stereocenters. The second kappa shape index (κ2) is 12.9. The van der Waals surface area contributed by atoms with Gasteiger partial charge in [0, 0.05) is 24.2 Å². The molecular formula is C38H44N8O4. The summed E-state index contributed by atoms with van der Waals surface area (Å²) in [7, 11) is 0. The average Bonchev–Trinajstić information content (AvgIpc) is 3.88. The first-order valence-corrected chi connectivity index (χ1v) is 17.3. The Labute approximate surface area is 291 Å². The Morgan fingerprint density at radius 3 is 1.70 bits per heavy atom. The fourth-order valence-electron chi connectivity index (χ4n) is 6.62. The topological polar surface area (TPSA) is 142 Å². The van der Waals surface area contributed by atoms with E-state index in [2.05, 4.69) is 19.9 Å². The van der Waals surface area contributed by atoms with Gasteiger partial charge in [-0.15, -0.1) is 0 Å². The smallest absolute Gasteiger partial charge is 0.410 e. The summed E-state index contributed by atoms with van der Waals surface area (Å²) in [5, 5.41) is 0. The molecule has 2 fully saturated rings. The maximum Gasteiger partial charge on any atom is 0.410 e. The highest BCUT2D eigenvalue weighted by atomic mass is 16.6. The number of aromatic amines is 2. The van der Waals surface area contributed by atoms with Crippen LogP contribution in [0.3, 0.4) is 0 Å². The fourth-order valence-corrected chi connectivity index (χ4v) is 6.62. The number of carbonyl (C=O) groups is 2. The van der Waals surface area contributed by atoms with E-state index < -0.39 is 11.2 Å². The maximum atomic E-state index is 12.8. The van der Waals surface area contributed by atoms with E-state index in [4.69, 9.17) is 19.4 Å². The van der Waals surface area contributed by atoms with Crippen molar-refractivity contribution in [2.24, 2.45) is 0 Å². The largest absolute Gasteiger partial charge is 0.444 e. The summed E-state index contributed by atoms with van der Waals surface area (Å²) >= 11 is 0. The standard InChI is InChI=1S/C38H44N8O4/c1-37(2,3)49-35(47)45-17-7-9-31(45)33-40-21-29(43-33)24-13-11-23(12-14-24)28-20-39-27-19-25(15-16-26(27)42-28)30-22-41-34(44-30)32-10-8-18-46(32)36(48)50-38(4,5)6/h11-16,19-22,31-32H,7-10,17-18H2,1-6H3,(H,40,43)(H,41,44)/t31-,32-/m0/s1. The molecule has 2 N–H and O–H groups in total. The molecule has 12 nitrogen and oxygen atoms in total. The quantitative estimate of drug-likeness (QED) is 0.190. The summed E-state index contributed by atoms with van der Waals surface area (Å²) in [6.07, 6.45) is 8.26. The molecule has 7 rings (SSSR count). The minimum absolute atomic E-state index is 0.136. The van der Waals surface area contributed by atoms with Crippen LogP contribution in [0.25, 0.3) is 44.8 Å². The third-order valence-electron chi connectivity index (χ3n) is 8.93. The number of nitrogens with zero attached hydrogens (tertiary/aromatic N) is 6. The molecule has 2 aliphatic heterocycles. The zero-order valence-corrected chi connectivity index (χ0v) is 29.5. The van der Waals surface area contributed by atoms with Gasteiger partial charge in [-0.3, -0.25) is 14.8 Å². The van der Waals surface area contributed by atoms with E-state index in [1.54, 1.807) is 22.2 Å². The molecule has 2 atom stereocenters. The number of H-pyrrole nitrogens is 2. The Kier molecular flexibility index (Phi) is 8.57. The van der Waals surface area contributed by atoms with Gasteiger partial charge in [0.05, 0.1) is 58.8 Å². The van der Waals surface area contributed by atoms with E-state index >= 15 is 0 Å². The van der Waals surface area contributed by atoms with Crippen molar-refractivity contribution in [3.05, 3.63) is 72.7 Å². The van der Waals surface area contributed by atoms with E-state index in [1.165, 1.54) is 0 Å². The van der Waals surface area contributed by atoms with Gasteiger partial charge >= 0.3 is 12.2 Å². The van der Waals surface area contributed by atoms with Gasteiger partial charge < -0.3 is 19.4 Å². The predicted molar refractivity (Wildman–Crippen MR) is 190 cm³/mol. The normalized spacial score (nSPS) is 18.2. The van der Waals surface area contributed by atoms with Crippen molar-refractivity contribution < 1.29 is 19.1 Å². The Bertz CT molecular complexity index is 2020. The Morgan fingerprint density at radius 2 is 1.16 bits per heavy atom. The monoisotopic (exact) mass is 676 g/mol. The number of hydrogen-bond donors (Lipinski definition) is 2. The number of likely N-dealkylation sites (tertiary alicyclic amines) is 2. The average molecular weight is 677 g/mol. The summed E-state index contributed by atoms with van der Waals surface area (Å²) in [4.78, 5) is 54.9. The summed E-state index contributed by atoms with van der Waals surface area (Å²) in [6, 6.07) is 13.8. The van der Waals surface area contributed by atoms with E-state index in [9.17, 15) is 9.59 Å². The summed E-state index contributed by atoms with van der Waals surface area (Å²) in [5.74, 6) is 1.51. The van der Waals surface area contributed by atoms with Gasteiger partial charge in [-0.25, -0.2) is 24.5 Å². The van der Waals surface area contributed by atoms with Crippen molar-refractivity contribution in [3.63, 3.8) is 0 Å². The van der Waals surface area contributed by atoms with Crippen LogP contribution in [-0.2, 0) is 9.47 Å². The molecule has 5 aromatic rings. The number of nitrogens with one attached hydrogen (secondary N) is 2. The summed E-state index contributed by atoms with van der Waals surface area (Å²) < 4.78 is 11.3. The zero-order chi connectivity index (χ0) is 35.2. The van der Waals surface area contributed by atoms with Crippen LogP contribution in [0.2, 0.25) is 0 Å². The van der Waals surface area contributed by atoms with Crippen LogP contribution in [0.4, 0.5) is 9.59 Å². The summed E-state index contributed by atoms with van der Waals surface area (Å²) in [5.41, 5.74) is 5.83. The fraction of sp³-hybridized carbons (Fsp3) is 0.421. The van der Waals surface area contributed by atoms with Crippen LogP contribution >= 0.6 is 0 Å². The number of imidazole rings is 2. The van der Waals surface area contributed by atoms with Crippen LogP contribution < -0.4 is 0 Å². The van der Waals surface area contributed by atoms with Gasteiger partial charge in [-0.2, -0.15) is 0 Å². The second-order valence-corrected chi connectivity index (χ2v) is 15.1. The van der Waals surface area contributed by atoms with Gasteiger partial charge in [0.2, 0.25) is 0 Å². The Balaban J connectivity index is 1.04. The highest BCUT2D eigenvalue weighted by Gasteiger charge is 2.36. The summed E-state index contributed by atoms with van der Waals surface area (Å²) in [6.45, 7) is 12.6. The number of ether oxygens (including phenoxy) is 2. The number of benzene rings is 2. The minimum Gasteiger partial charge on any atom is -0.444 e. The van der Waals surface area contributed by atoms with Gasteiger partial charge in [0.15, 0.2) is 0 Å². The molecular weight excluding hydrogens is 632 g/mol. The van der Waals surface area contributed by atoms with Crippen molar-refractivity contribution in [2.75, 3.05) is 13.1 Å². The molecule has 3 aromatic heterocycles. The third-order valence-corrected chi connectivity index (χ3v) is 8.93. The van der Waals surface area contributed by atoms with Crippen molar-refractivity contribution >= 4 is 23.2 Å². The molecule has 50 heavy (non-hydrogen) atoms. The first-order valence-electron chi connectivity index (χ1n) is 17.3. The molecule has 0 bridgehead atoms. The van der Waals surface area contributed by atoms with Gasteiger partial charge in [0.25, 0.3) is 0 Å². The van der Waals surface area contributed by atoms with Crippen LogP contribution in [-0.4, -0.2) is 76.2 Å². The lowest BCUT2D eigenvalue weighted by atomic mass is 10.1. The molecule has 0 spiro atoms. The lowest BCUT2D eigenvalue weighted by Gasteiger charge is -2.27. The molecule has 0 saturated carbocycles. The van der Waals surface area contributed by atoms with Gasteiger partial charge in [-0.1, -0.05) is 30.3 Å². The number of carbonyl (C=O) groups excluding carboxylic acids is 2. The predicted octanol–water partition coefficient (Wildman–Crippen LogP) is 8.22. The second-order valence-electron chi connectivity index (χ2n) is 15.1. The zero-order valence-electron chi connectivity index (χ0n) is 29.5. The highest BCUT2D eigenvalue weighted by molar-refractivity contribution is 5.82. The SMILES string of the molecule is CC(C)(C)OC(=O)N1CCC[C@H]1c1ncc(-c2ccc(-c3cnc4cc(-c5cnc([C@@H]6CCCN6C(=O)OC(C)(C)C)[nH]5)ccc4n3)cc2)[nH]1. The molecule has 5 heterocycles. The Morgan fingerprint density at radius 1 is 0.660 bits per heavy atom. The number of fused-ring (bicyclic) bond motifs is 1. The first kappa shape index (κ1) is 33.2.